The largest absolute Gasteiger partial charge is 0.274 e. The first-order valence-electron chi connectivity index (χ1n) is 18.2. The number of carbonyl (C=O) groups is 2. The molecule has 2 amide bonds. The summed E-state index contributed by atoms with van der Waals surface area (Å²) in [6.07, 6.45) is 12.0. The van der Waals surface area contributed by atoms with E-state index in [2.05, 4.69) is 55.5 Å². The highest BCUT2D eigenvalue weighted by Crippen LogP contribution is 2.55. The number of hydrogen-bond acceptors (Lipinski definition) is 6. The maximum atomic E-state index is 14.7. The van der Waals surface area contributed by atoms with Crippen LogP contribution in [0.3, 0.4) is 0 Å². The van der Waals surface area contributed by atoms with Crippen molar-refractivity contribution in [1.82, 2.24) is 4.90 Å². The molecule has 1 aliphatic heterocycles. The van der Waals surface area contributed by atoms with E-state index >= 15 is 0 Å². The van der Waals surface area contributed by atoms with E-state index in [4.69, 9.17) is 0 Å². The van der Waals surface area contributed by atoms with Crippen LogP contribution in [0.5, 0.6) is 0 Å². The predicted molar refractivity (Wildman–Crippen MR) is 216 cm³/mol. The van der Waals surface area contributed by atoms with Crippen LogP contribution in [0.2, 0.25) is 0 Å². The monoisotopic (exact) mass is 747 g/mol. The van der Waals surface area contributed by atoms with Gasteiger partial charge in [-0.3, -0.25) is 14.5 Å². The van der Waals surface area contributed by atoms with Crippen LogP contribution < -0.4 is 0 Å². The molecule has 0 bridgehead atoms. The normalized spacial score (nSPS) is 12.5. The Morgan fingerprint density at radius 2 is 0.686 bits per heavy atom. The summed E-state index contributed by atoms with van der Waals surface area (Å²) in [7, 11) is 0. The van der Waals surface area contributed by atoms with E-state index in [0.29, 0.717) is 17.7 Å². The van der Waals surface area contributed by atoms with E-state index in [1.165, 1.54) is 49.8 Å². The summed E-state index contributed by atoms with van der Waals surface area (Å²) in [4.78, 5) is 38.8. The Kier molecular flexibility index (Phi) is 14.3. The van der Waals surface area contributed by atoms with Crippen LogP contribution in [0, 0.1) is 0 Å². The molecule has 6 rings (SSSR count). The van der Waals surface area contributed by atoms with Crippen molar-refractivity contribution in [3.05, 3.63) is 132 Å². The topological polar surface area (TPSA) is 37.4 Å². The first-order chi connectivity index (χ1) is 25.1. The van der Waals surface area contributed by atoms with Gasteiger partial charge in [0.05, 0.1) is 11.1 Å². The van der Waals surface area contributed by atoms with Crippen molar-refractivity contribution in [3.63, 3.8) is 0 Å². The van der Waals surface area contributed by atoms with Gasteiger partial charge in [0.1, 0.15) is 0 Å². The van der Waals surface area contributed by atoms with Gasteiger partial charge in [-0.2, -0.15) is 0 Å². The van der Waals surface area contributed by atoms with Gasteiger partial charge in [-0.05, 0) is 55.0 Å². The molecule has 0 spiro atoms. The van der Waals surface area contributed by atoms with Gasteiger partial charge >= 0.3 is 0 Å². The molecular weight excluding hydrogens is 703 g/mol. The molecule has 5 aromatic carbocycles. The summed E-state index contributed by atoms with van der Waals surface area (Å²) in [6.45, 7) is 2.70. The highest BCUT2D eigenvalue weighted by molar-refractivity contribution is 8.05. The van der Waals surface area contributed by atoms with Gasteiger partial charge < -0.3 is 0 Å². The summed E-state index contributed by atoms with van der Waals surface area (Å²) in [5, 5.41) is 0. The Balaban J connectivity index is 1.41. The Bertz CT molecular complexity index is 1740. The summed E-state index contributed by atoms with van der Waals surface area (Å²) in [6, 6.07) is 41.1. The summed E-state index contributed by atoms with van der Waals surface area (Å²) in [5.41, 5.74) is 1.07. The molecule has 1 aliphatic rings. The number of hydrogen-bond donors (Lipinski definition) is 0. The number of carbonyl (C=O) groups excluding carboxylic acids is 2. The van der Waals surface area contributed by atoms with Crippen LogP contribution in [0.15, 0.2) is 160 Å². The highest BCUT2D eigenvalue weighted by atomic mass is 32.2. The minimum absolute atomic E-state index is 0.176. The molecular formula is C44H45NO2S4. The van der Waals surface area contributed by atoms with Gasteiger partial charge in [-0.25, -0.2) is 0 Å². The standard InChI is InChI=1S/C44H45NO2S4/c1-2-3-4-5-6-7-8-9-10-23-32-45-43(46)37-38(44(45)47)40(49-34-26-17-12-18-27-34)42(51-36-30-21-14-22-31-36)41(50-35-28-19-13-20-29-35)39(37)48-33-24-15-11-16-25-33/h11-22,24-31H,2-10,23,32H2,1H3. The van der Waals surface area contributed by atoms with Gasteiger partial charge in [-0.15, -0.1) is 0 Å². The molecule has 0 radical (unpaired) electrons. The molecule has 0 unspecified atom stereocenters. The molecule has 0 N–H and O–H groups in total. The van der Waals surface area contributed by atoms with Gasteiger partial charge in [0.2, 0.25) is 0 Å². The number of benzene rings is 5. The number of nitrogens with zero attached hydrogens (tertiary/aromatic N) is 1. The number of unbranched alkanes of at least 4 members (excludes halogenated alkanes) is 9. The maximum Gasteiger partial charge on any atom is 0.262 e. The van der Waals surface area contributed by atoms with Crippen LogP contribution in [0.1, 0.15) is 91.8 Å². The maximum absolute atomic E-state index is 14.7. The predicted octanol–water partition coefficient (Wildman–Crippen LogP) is 13.8. The van der Waals surface area contributed by atoms with Crippen LogP contribution in [0.25, 0.3) is 0 Å². The van der Waals surface area contributed by atoms with E-state index in [0.717, 1.165) is 58.4 Å². The van der Waals surface area contributed by atoms with Gasteiger partial charge in [0.15, 0.2) is 0 Å². The number of amides is 2. The molecule has 0 saturated carbocycles. The van der Waals surface area contributed by atoms with E-state index in [1.807, 2.05) is 72.8 Å². The quantitative estimate of drug-likeness (QED) is 0.0618. The van der Waals surface area contributed by atoms with Gasteiger partial charge in [0, 0.05) is 45.7 Å². The van der Waals surface area contributed by atoms with E-state index in [9.17, 15) is 9.59 Å². The van der Waals surface area contributed by atoms with Crippen LogP contribution in [-0.4, -0.2) is 23.3 Å². The molecule has 1 heterocycles. The molecule has 51 heavy (non-hydrogen) atoms. The third kappa shape index (κ3) is 9.95. The Hall–Kier alpha value is -3.36. The summed E-state index contributed by atoms with van der Waals surface area (Å²) >= 11 is 6.52. The fourth-order valence-corrected chi connectivity index (χ4v) is 10.9. The minimum atomic E-state index is -0.176. The first-order valence-corrected chi connectivity index (χ1v) is 21.4. The van der Waals surface area contributed by atoms with E-state index in [-0.39, 0.29) is 11.8 Å². The zero-order valence-corrected chi connectivity index (χ0v) is 32.5. The Morgan fingerprint density at radius 3 is 1.02 bits per heavy atom. The molecule has 0 fully saturated rings. The summed E-state index contributed by atoms with van der Waals surface area (Å²) < 4.78 is 0. The second-order valence-corrected chi connectivity index (χ2v) is 17.0. The van der Waals surface area contributed by atoms with Crippen molar-refractivity contribution >= 4 is 58.9 Å². The molecule has 0 atom stereocenters. The van der Waals surface area contributed by atoms with Crippen molar-refractivity contribution in [2.45, 2.75) is 110 Å². The number of imide groups is 1. The fourth-order valence-electron chi connectivity index (χ4n) is 6.20. The van der Waals surface area contributed by atoms with Crippen molar-refractivity contribution in [2.24, 2.45) is 0 Å². The van der Waals surface area contributed by atoms with Crippen molar-refractivity contribution in [2.75, 3.05) is 6.54 Å². The molecule has 0 saturated heterocycles. The molecule has 0 aromatic heterocycles. The SMILES string of the molecule is CCCCCCCCCCCCN1C(=O)c2c(Sc3ccccc3)c(Sc3ccccc3)c(Sc3ccccc3)c(Sc3ccccc3)c2C1=O. The average molecular weight is 748 g/mol. The molecule has 0 aliphatic carbocycles. The Labute approximate surface area is 320 Å². The third-order valence-electron chi connectivity index (χ3n) is 8.83. The lowest BCUT2D eigenvalue weighted by Gasteiger charge is -2.21. The first kappa shape index (κ1) is 37.4. The van der Waals surface area contributed by atoms with Gasteiger partial charge in [-0.1, -0.05) is 185 Å². The second-order valence-electron chi connectivity index (χ2n) is 12.7. The van der Waals surface area contributed by atoms with Crippen molar-refractivity contribution in [3.8, 4) is 0 Å². The molecule has 262 valence electrons. The lowest BCUT2D eigenvalue weighted by Crippen LogP contribution is -2.30. The smallest absolute Gasteiger partial charge is 0.262 e. The molecule has 3 nitrogen and oxygen atoms in total. The minimum Gasteiger partial charge on any atom is -0.274 e. The third-order valence-corrected chi connectivity index (χ3v) is 13.7. The Morgan fingerprint density at radius 1 is 0.392 bits per heavy atom. The second kappa shape index (κ2) is 19.5. The average Bonchev–Trinajstić information content (AvgIpc) is 3.41. The molecule has 7 heteroatoms. The van der Waals surface area contributed by atoms with Crippen LogP contribution in [-0.2, 0) is 0 Å². The van der Waals surface area contributed by atoms with Gasteiger partial charge in [0.25, 0.3) is 11.8 Å². The van der Waals surface area contributed by atoms with Crippen molar-refractivity contribution in [1.29, 1.82) is 0 Å². The van der Waals surface area contributed by atoms with Crippen molar-refractivity contribution < 1.29 is 9.59 Å². The lowest BCUT2D eigenvalue weighted by atomic mass is 10.1. The zero-order chi connectivity index (χ0) is 35.3. The van der Waals surface area contributed by atoms with Crippen LogP contribution >= 0.6 is 47.0 Å². The number of rotatable bonds is 19. The van der Waals surface area contributed by atoms with E-state index < -0.39 is 0 Å². The summed E-state index contributed by atoms with van der Waals surface area (Å²) in [5.74, 6) is -0.351. The highest BCUT2D eigenvalue weighted by Gasteiger charge is 2.43. The lowest BCUT2D eigenvalue weighted by molar-refractivity contribution is 0.0649. The zero-order valence-electron chi connectivity index (χ0n) is 29.2. The van der Waals surface area contributed by atoms with E-state index in [1.54, 1.807) is 47.0 Å². The molecule has 5 aromatic rings. The van der Waals surface area contributed by atoms with Crippen LogP contribution in [0.4, 0.5) is 0 Å². The number of fused-ring (bicyclic) bond motifs is 1. The fraction of sp³-hybridized carbons (Fsp3) is 0.273.